The second-order valence-electron chi connectivity index (χ2n) is 5.73. The first-order valence-electron chi connectivity index (χ1n) is 8.42. The van der Waals surface area contributed by atoms with E-state index in [4.69, 9.17) is 16.3 Å². The highest BCUT2D eigenvalue weighted by Crippen LogP contribution is 2.18. The van der Waals surface area contributed by atoms with Crippen LogP contribution in [0.15, 0.2) is 60.8 Å². The molecule has 0 atom stereocenters. The molecular formula is C20H21ClN4O. The molecule has 0 amide bonds. The summed E-state index contributed by atoms with van der Waals surface area (Å²) in [5.74, 6) is 2.27. The average Bonchev–Trinajstić information content (AvgIpc) is 2.68. The Morgan fingerprint density at radius 1 is 1.00 bits per heavy atom. The van der Waals surface area contributed by atoms with E-state index in [0.29, 0.717) is 12.5 Å². The number of anilines is 2. The van der Waals surface area contributed by atoms with Crippen LogP contribution in [0, 0.1) is 0 Å². The predicted molar refractivity (Wildman–Crippen MR) is 106 cm³/mol. The van der Waals surface area contributed by atoms with Crippen LogP contribution in [0.5, 0.6) is 5.75 Å². The number of nitrogens with one attached hydrogen (secondary N) is 2. The molecule has 0 spiro atoms. The van der Waals surface area contributed by atoms with Crippen molar-refractivity contribution in [3.8, 4) is 5.75 Å². The molecule has 0 aliphatic carbocycles. The van der Waals surface area contributed by atoms with Crippen LogP contribution in [-0.4, -0.2) is 23.6 Å². The van der Waals surface area contributed by atoms with Crippen LogP contribution in [0.3, 0.4) is 0 Å². The second-order valence-corrected chi connectivity index (χ2v) is 6.17. The van der Waals surface area contributed by atoms with Crippen LogP contribution in [0.2, 0.25) is 5.02 Å². The zero-order chi connectivity index (χ0) is 18.2. The lowest BCUT2D eigenvalue weighted by Gasteiger charge is -2.10. The van der Waals surface area contributed by atoms with Crippen molar-refractivity contribution in [2.75, 3.05) is 24.3 Å². The molecule has 3 aromatic rings. The monoisotopic (exact) mass is 368 g/mol. The number of rotatable bonds is 8. The van der Waals surface area contributed by atoms with Crippen molar-refractivity contribution in [2.45, 2.75) is 13.0 Å². The van der Waals surface area contributed by atoms with Gasteiger partial charge in [-0.2, -0.15) is 4.98 Å². The molecule has 0 saturated heterocycles. The minimum atomic E-state index is 0.598. The third kappa shape index (κ3) is 5.10. The molecule has 0 fully saturated rings. The molecule has 0 bridgehead atoms. The van der Waals surface area contributed by atoms with Gasteiger partial charge in [-0.25, -0.2) is 4.98 Å². The lowest BCUT2D eigenvalue weighted by molar-refractivity contribution is 0.410. The van der Waals surface area contributed by atoms with E-state index in [1.165, 1.54) is 0 Å². The van der Waals surface area contributed by atoms with Crippen molar-refractivity contribution in [1.82, 2.24) is 9.97 Å². The van der Waals surface area contributed by atoms with Gasteiger partial charge in [0.2, 0.25) is 5.95 Å². The smallest absolute Gasteiger partial charge is 0.224 e. The maximum Gasteiger partial charge on any atom is 0.224 e. The molecule has 0 saturated carbocycles. The van der Waals surface area contributed by atoms with E-state index in [-0.39, 0.29) is 0 Å². The van der Waals surface area contributed by atoms with Gasteiger partial charge in [-0.3, -0.25) is 0 Å². The number of ether oxygens (including phenoxy) is 1. The third-order valence-electron chi connectivity index (χ3n) is 3.91. The zero-order valence-electron chi connectivity index (χ0n) is 14.6. The van der Waals surface area contributed by atoms with Gasteiger partial charge >= 0.3 is 0 Å². The molecule has 0 aliphatic heterocycles. The van der Waals surface area contributed by atoms with Gasteiger partial charge in [0.15, 0.2) is 0 Å². The number of aromatic nitrogens is 2. The Balaban J connectivity index is 1.53. The van der Waals surface area contributed by atoms with Gasteiger partial charge < -0.3 is 15.4 Å². The van der Waals surface area contributed by atoms with Gasteiger partial charge in [0.1, 0.15) is 11.6 Å². The molecule has 134 valence electrons. The van der Waals surface area contributed by atoms with E-state index in [1.54, 1.807) is 13.3 Å². The van der Waals surface area contributed by atoms with Crippen molar-refractivity contribution in [2.24, 2.45) is 0 Å². The van der Waals surface area contributed by atoms with E-state index in [1.807, 2.05) is 48.5 Å². The molecule has 2 N–H and O–H groups in total. The van der Waals surface area contributed by atoms with E-state index >= 15 is 0 Å². The molecule has 1 aromatic heterocycles. The lowest BCUT2D eigenvalue weighted by atomic mass is 10.1. The minimum absolute atomic E-state index is 0.598. The SMILES string of the molecule is COc1ccccc1CCNc1nccc(NCc2ccc(Cl)cc2)n1. The highest BCUT2D eigenvalue weighted by Gasteiger charge is 2.03. The molecule has 5 nitrogen and oxygen atoms in total. The van der Waals surface area contributed by atoms with Crippen LogP contribution in [-0.2, 0) is 13.0 Å². The van der Waals surface area contributed by atoms with E-state index in [2.05, 4.69) is 26.7 Å². The highest BCUT2D eigenvalue weighted by molar-refractivity contribution is 6.30. The largest absolute Gasteiger partial charge is 0.496 e. The van der Waals surface area contributed by atoms with Crippen molar-refractivity contribution < 1.29 is 4.74 Å². The quantitative estimate of drug-likeness (QED) is 0.617. The van der Waals surface area contributed by atoms with Gasteiger partial charge in [0.05, 0.1) is 7.11 Å². The van der Waals surface area contributed by atoms with Gasteiger partial charge in [0.25, 0.3) is 0 Å². The van der Waals surface area contributed by atoms with Crippen LogP contribution < -0.4 is 15.4 Å². The number of para-hydroxylation sites is 1. The standard InChI is InChI=1S/C20H21ClN4O/c1-26-18-5-3-2-4-16(18)10-12-22-20-23-13-11-19(25-20)24-14-15-6-8-17(21)9-7-15/h2-9,11,13H,10,12,14H2,1H3,(H2,22,23,24,25). The fourth-order valence-electron chi connectivity index (χ4n) is 2.56. The van der Waals surface area contributed by atoms with E-state index in [0.717, 1.165) is 40.7 Å². The molecule has 6 heteroatoms. The number of hydrogen-bond donors (Lipinski definition) is 2. The minimum Gasteiger partial charge on any atom is -0.496 e. The van der Waals surface area contributed by atoms with Crippen molar-refractivity contribution in [1.29, 1.82) is 0 Å². The number of benzene rings is 2. The highest BCUT2D eigenvalue weighted by atomic mass is 35.5. The van der Waals surface area contributed by atoms with Crippen molar-refractivity contribution in [3.05, 3.63) is 76.9 Å². The van der Waals surface area contributed by atoms with Gasteiger partial charge in [-0.15, -0.1) is 0 Å². The molecule has 0 radical (unpaired) electrons. The summed E-state index contributed by atoms with van der Waals surface area (Å²) in [5, 5.41) is 7.28. The van der Waals surface area contributed by atoms with E-state index < -0.39 is 0 Å². The Bertz CT molecular complexity index is 839. The predicted octanol–water partition coefficient (Wildman–Crippen LogP) is 4.41. The topological polar surface area (TPSA) is 59.1 Å². The summed E-state index contributed by atoms with van der Waals surface area (Å²) in [4.78, 5) is 8.76. The average molecular weight is 369 g/mol. The number of nitrogens with zero attached hydrogens (tertiary/aromatic N) is 2. The van der Waals surface area contributed by atoms with Crippen molar-refractivity contribution in [3.63, 3.8) is 0 Å². The summed E-state index contributed by atoms with van der Waals surface area (Å²) in [5.41, 5.74) is 2.29. The number of hydrogen-bond acceptors (Lipinski definition) is 5. The lowest BCUT2D eigenvalue weighted by Crippen LogP contribution is -2.10. The molecule has 0 unspecified atom stereocenters. The summed E-state index contributed by atoms with van der Waals surface area (Å²) in [7, 11) is 1.69. The fraction of sp³-hybridized carbons (Fsp3) is 0.200. The normalized spacial score (nSPS) is 10.4. The Kier molecular flexibility index (Phi) is 6.28. The number of methoxy groups -OCH3 is 1. The Hall–Kier alpha value is -2.79. The Labute approximate surface area is 158 Å². The van der Waals surface area contributed by atoms with Gasteiger partial charge in [0, 0.05) is 24.3 Å². The number of halogens is 1. The van der Waals surface area contributed by atoms with Gasteiger partial charge in [-0.1, -0.05) is 41.9 Å². The summed E-state index contributed by atoms with van der Waals surface area (Å²) in [6, 6.07) is 17.6. The summed E-state index contributed by atoms with van der Waals surface area (Å²) in [6.45, 7) is 1.40. The third-order valence-corrected chi connectivity index (χ3v) is 4.16. The molecule has 2 aromatic carbocycles. The Morgan fingerprint density at radius 3 is 2.62 bits per heavy atom. The molecule has 0 aliphatic rings. The second kappa shape index (κ2) is 9.06. The molecule has 1 heterocycles. The zero-order valence-corrected chi connectivity index (χ0v) is 15.3. The summed E-state index contributed by atoms with van der Waals surface area (Å²) >= 11 is 5.90. The van der Waals surface area contributed by atoms with Crippen LogP contribution in [0.1, 0.15) is 11.1 Å². The van der Waals surface area contributed by atoms with Crippen LogP contribution in [0.25, 0.3) is 0 Å². The van der Waals surface area contributed by atoms with Crippen molar-refractivity contribution >= 4 is 23.4 Å². The Morgan fingerprint density at radius 2 is 1.81 bits per heavy atom. The van der Waals surface area contributed by atoms with Gasteiger partial charge in [-0.05, 0) is 41.8 Å². The fourth-order valence-corrected chi connectivity index (χ4v) is 2.68. The summed E-state index contributed by atoms with van der Waals surface area (Å²) in [6.07, 6.45) is 2.57. The maximum atomic E-state index is 5.90. The first-order valence-corrected chi connectivity index (χ1v) is 8.79. The summed E-state index contributed by atoms with van der Waals surface area (Å²) < 4.78 is 5.37. The van der Waals surface area contributed by atoms with Crippen LogP contribution >= 0.6 is 11.6 Å². The molecule has 3 rings (SSSR count). The van der Waals surface area contributed by atoms with E-state index in [9.17, 15) is 0 Å². The first-order chi connectivity index (χ1) is 12.7. The van der Waals surface area contributed by atoms with Crippen LogP contribution in [0.4, 0.5) is 11.8 Å². The maximum absolute atomic E-state index is 5.90. The molecule has 26 heavy (non-hydrogen) atoms. The molecular weight excluding hydrogens is 348 g/mol. The first kappa shape index (κ1) is 18.0.